The molecule has 15 nitrogen and oxygen atoms in total. The maximum atomic E-state index is 14.7. The molecule has 1 saturated heterocycles. The van der Waals surface area contributed by atoms with E-state index in [-0.39, 0.29) is 0 Å². The number of ether oxygens (including phenoxy) is 2. The summed E-state index contributed by atoms with van der Waals surface area (Å²) in [6.07, 6.45) is 1.85. The van der Waals surface area contributed by atoms with E-state index < -0.39 is 71.4 Å². The fourth-order valence-electron chi connectivity index (χ4n) is 2.48. The third-order valence-corrected chi connectivity index (χ3v) is 8.26. The van der Waals surface area contributed by atoms with Gasteiger partial charge in [0.15, 0.2) is 18.2 Å². The molecule has 5 atom stereocenters. The van der Waals surface area contributed by atoms with E-state index in [0.717, 1.165) is 12.3 Å². The fraction of sp³-hybridized carbons (Fsp3) is 0.500. The van der Waals surface area contributed by atoms with Gasteiger partial charge < -0.3 is 33.6 Å². The van der Waals surface area contributed by atoms with Gasteiger partial charge in [-0.05, 0) is 11.8 Å². The predicted octanol–water partition coefficient (Wildman–Crippen LogP) is -0.401. The van der Waals surface area contributed by atoms with Crippen LogP contribution in [0, 0.1) is 12.3 Å². The van der Waals surface area contributed by atoms with E-state index >= 15 is 0 Å². The van der Waals surface area contributed by atoms with Crippen LogP contribution in [0.2, 0.25) is 0 Å². The normalized spacial score (nSPS) is 27.4. The summed E-state index contributed by atoms with van der Waals surface area (Å²) in [7, 11) is -11.1. The number of alkyl halides is 1. The molecule has 20 heteroatoms. The van der Waals surface area contributed by atoms with Crippen LogP contribution in [0.15, 0.2) is 21.9 Å². The van der Waals surface area contributed by atoms with Crippen molar-refractivity contribution in [2.45, 2.75) is 24.6 Å². The molecule has 0 spiro atoms. The van der Waals surface area contributed by atoms with Crippen molar-refractivity contribution in [1.29, 1.82) is 0 Å². The third kappa shape index (κ3) is 7.75. The summed E-state index contributed by atoms with van der Waals surface area (Å²) in [4.78, 5) is 61.4. The Bertz CT molecular complexity index is 1140. The average Bonchev–Trinajstić information content (AvgIpc) is 2.92. The lowest BCUT2D eigenvalue weighted by molar-refractivity contribution is -0.247. The lowest BCUT2D eigenvalue weighted by Crippen LogP contribution is -2.39. The number of H-pyrrole nitrogens is 1. The van der Waals surface area contributed by atoms with Gasteiger partial charge in [-0.15, -0.1) is 6.42 Å². The van der Waals surface area contributed by atoms with Crippen molar-refractivity contribution < 1.29 is 55.7 Å². The van der Waals surface area contributed by atoms with Gasteiger partial charge in [0.25, 0.3) is 5.56 Å². The van der Waals surface area contributed by atoms with Crippen LogP contribution in [0.3, 0.4) is 0 Å². The van der Waals surface area contributed by atoms with Gasteiger partial charge in [0.2, 0.25) is 0 Å². The highest BCUT2D eigenvalue weighted by Crippen LogP contribution is 2.66. The maximum absolute atomic E-state index is 14.7. The molecule has 5 unspecified atom stereocenters. The second-order valence-electron chi connectivity index (χ2n) is 6.01. The Morgan fingerprint density at radius 3 is 2.56 bits per heavy atom. The second-order valence-corrected chi connectivity index (χ2v) is 11.8. The minimum Gasteiger partial charge on any atom is -0.335 e. The van der Waals surface area contributed by atoms with E-state index in [2.05, 4.69) is 26.3 Å². The van der Waals surface area contributed by atoms with Gasteiger partial charge in [-0.1, -0.05) is 5.92 Å². The number of hydrogen-bond acceptors (Lipinski definition) is 10. The number of aromatic amines is 1. The molecule has 2 heterocycles. The van der Waals surface area contributed by atoms with Crippen LogP contribution in [-0.2, 0) is 43.6 Å². The Morgan fingerprint density at radius 2 is 2.00 bits per heavy atom. The van der Waals surface area contributed by atoms with Crippen molar-refractivity contribution in [2.24, 2.45) is 0 Å². The van der Waals surface area contributed by atoms with Crippen molar-refractivity contribution in [3.63, 3.8) is 0 Å². The zero-order chi connectivity index (χ0) is 24.4. The maximum Gasteiger partial charge on any atom is 0.488 e. The first-order chi connectivity index (χ1) is 14.6. The summed E-state index contributed by atoms with van der Waals surface area (Å²) < 4.78 is 60.7. The molecular weight excluding hydrogens is 524 g/mol. The molecule has 1 aliphatic rings. The van der Waals surface area contributed by atoms with E-state index in [1.165, 1.54) is 0 Å². The van der Waals surface area contributed by atoms with Crippen LogP contribution in [-0.4, -0.2) is 54.3 Å². The van der Waals surface area contributed by atoms with Gasteiger partial charge in [0, 0.05) is 18.7 Å². The highest BCUT2D eigenvalue weighted by atomic mass is 32.5. The van der Waals surface area contributed by atoms with E-state index in [4.69, 9.17) is 30.2 Å². The van der Waals surface area contributed by atoms with Gasteiger partial charge in [0.1, 0.15) is 13.2 Å². The molecule has 2 rings (SSSR count). The molecule has 0 saturated carbocycles. The third-order valence-electron chi connectivity index (χ3n) is 3.56. The molecule has 0 aromatic carbocycles. The van der Waals surface area contributed by atoms with Crippen LogP contribution < -0.4 is 11.2 Å². The summed E-state index contributed by atoms with van der Waals surface area (Å²) in [5.41, 5.74) is -1.76. The van der Waals surface area contributed by atoms with Crippen molar-refractivity contribution in [1.82, 2.24) is 9.55 Å². The summed E-state index contributed by atoms with van der Waals surface area (Å²) in [6.45, 7) is -6.19. The summed E-state index contributed by atoms with van der Waals surface area (Å²) in [6, 6.07) is 0.928. The van der Waals surface area contributed by atoms with Crippen LogP contribution >= 0.6 is 22.4 Å². The molecule has 0 radical (unpaired) electrons. The smallest absolute Gasteiger partial charge is 0.335 e. The molecular formula is C12H16FN2O13P3S. The van der Waals surface area contributed by atoms with Gasteiger partial charge in [0.05, 0.1) is 0 Å². The number of rotatable bonds is 10. The second kappa shape index (κ2) is 10.0. The first kappa shape index (κ1) is 27.2. The summed E-state index contributed by atoms with van der Waals surface area (Å²) >= 11 is 4.48. The average molecular weight is 540 g/mol. The van der Waals surface area contributed by atoms with Gasteiger partial charge >= 0.3 is 28.1 Å². The zero-order valence-electron chi connectivity index (χ0n) is 15.5. The zero-order valence-corrected chi connectivity index (χ0v) is 19.0. The molecule has 1 aromatic rings. The first-order valence-corrected chi connectivity index (χ1v) is 13.7. The Labute approximate surface area is 183 Å². The van der Waals surface area contributed by atoms with Crippen molar-refractivity contribution >= 4 is 34.2 Å². The Hall–Kier alpha value is -1.08. The van der Waals surface area contributed by atoms with Gasteiger partial charge in [-0.3, -0.25) is 14.3 Å². The number of hydrogen-bond donors (Lipinski definition) is 5. The molecule has 180 valence electrons. The van der Waals surface area contributed by atoms with E-state index in [9.17, 15) is 32.9 Å². The molecule has 0 aliphatic carbocycles. The fourth-order valence-corrected chi connectivity index (χ4v) is 6.45. The minimum atomic E-state index is -5.58. The standard InChI is InChI=1S/C12H16FN2O13P3S/c1-2-5-24-12(7-25-31(23,32)28-30(21,22)27-29(18,19)20)6-8(13)10(26-12)15-4-3-9(16)14-11(15)17/h1,3-4,8,10H,5-7H2,(H,21,22)(H,23,32)(H,14,16,17)(H2,18,19,20). The van der Waals surface area contributed by atoms with Gasteiger partial charge in [-0.25, -0.2) is 22.6 Å². The number of nitrogens with one attached hydrogen (secondary N) is 1. The quantitative estimate of drug-likeness (QED) is 0.189. The minimum absolute atomic E-state index is 0.474. The number of halogens is 1. The molecule has 1 aliphatic heterocycles. The number of terminal acetylenes is 1. The van der Waals surface area contributed by atoms with E-state index in [0.29, 0.717) is 4.57 Å². The molecule has 0 bridgehead atoms. The van der Waals surface area contributed by atoms with Crippen LogP contribution in [0.1, 0.15) is 12.6 Å². The van der Waals surface area contributed by atoms with Crippen molar-refractivity contribution in [2.75, 3.05) is 13.2 Å². The largest absolute Gasteiger partial charge is 0.488 e. The monoisotopic (exact) mass is 540 g/mol. The Balaban J connectivity index is 2.21. The lowest BCUT2D eigenvalue weighted by Gasteiger charge is -2.30. The Morgan fingerprint density at radius 1 is 1.34 bits per heavy atom. The molecule has 5 N–H and O–H groups in total. The highest BCUT2D eigenvalue weighted by molar-refractivity contribution is 8.08. The van der Waals surface area contributed by atoms with E-state index in [1.807, 2.05) is 4.98 Å². The summed E-state index contributed by atoms with van der Waals surface area (Å²) in [5, 5.41) is 0. The summed E-state index contributed by atoms with van der Waals surface area (Å²) in [5.74, 6) is -0.0208. The topological polar surface area (TPSA) is 216 Å². The molecule has 0 amide bonds. The van der Waals surface area contributed by atoms with Crippen LogP contribution in [0.5, 0.6) is 0 Å². The van der Waals surface area contributed by atoms with Crippen molar-refractivity contribution in [3.8, 4) is 12.3 Å². The Kier molecular flexibility index (Phi) is 8.53. The van der Waals surface area contributed by atoms with E-state index in [1.54, 1.807) is 0 Å². The molecule has 1 aromatic heterocycles. The highest BCUT2D eigenvalue weighted by Gasteiger charge is 2.51. The predicted molar refractivity (Wildman–Crippen MR) is 105 cm³/mol. The SMILES string of the molecule is C#CCOC1(COP(O)(=S)OP(=O)(O)OP(=O)(O)O)CC(F)C(n2ccc(=O)[nH]c2=O)O1. The van der Waals surface area contributed by atoms with Crippen LogP contribution in [0.25, 0.3) is 0 Å². The lowest BCUT2D eigenvalue weighted by atomic mass is 10.1. The molecule has 32 heavy (non-hydrogen) atoms. The first-order valence-electron chi connectivity index (χ1n) is 8.06. The van der Waals surface area contributed by atoms with Gasteiger partial charge in [-0.2, -0.15) is 4.31 Å². The molecule has 1 fully saturated rings. The number of nitrogens with zero attached hydrogens (tertiary/aromatic N) is 1. The number of aromatic nitrogens is 2. The van der Waals surface area contributed by atoms with Crippen LogP contribution in [0.4, 0.5) is 4.39 Å². The number of phosphoric acid groups is 2. The van der Waals surface area contributed by atoms with Crippen molar-refractivity contribution in [3.05, 3.63) is 33.1 Å².